The average molecular weight is 589 g/mol. The molecule has 39 heavy (non-hydrogen) atoms. The smallest absolute Gasteiger partial charge is 0.296 e. The number of nitrogens with two attached hydrogens (primary N) is 1. The summed E-state index contributed by atoms with van der Waals surface area (Å²) in [5.74, 6) is -1.16. The van der Waals surface area contributed by atoms with E-state index in [4.69, 9.17) is 5.73 Å². The molecule has 0 fully saturated rings. The third-order valence-corrected chi connectivity index (χ3v) is 6.89. The summed E-state index contributed by atoms with van der Waals surface area (Å²) in [5.41, 5.74) is 5.95. The third-order valence-electron chi connectivity index (χ3n) is 5.16. The average Bonchev–Trinajstić information content (AvgIpc) is 2.83. The minimum absolute atomic E-state index is 0. The Morgan fingerprint density at radius 2 is 1.49 bits per heavy atom. The molecule has 4 rings (SSSR count). The number of phenolic OH excluding ortho intramolecular Hbond substituents is 1. The van der Waals surface area contributed by atoms with E-state index in [1.807, 2.05) is 0 Å². The van der Waals surface area contributed by atoms with Crippen molar-refractivity contribution in [3.8, 4) is 5.75 Å². The van der Waals surface area contributed by atoms with Crippen LogP contribution in [0.4, 0.5) is 22.7 Å². The zero-order chi connectivity index (χ0) is 27.0. The molecule has 0 aliphatic rings. The van der Waals surface area contributed by atoms with Gasteiger partial charge in [-0.15, -0.1) is 5.11 Å². The Balaban J connectivity index is 0.00000267. The molecule has 0 spiro atoms. The Bertz CT molecular complexity index is 1800. The van der Waals surface area contributed by atoms with Crippen molar-refractivity contribution in [1.29, 1.82) is 0 Å². The number of nitrogens with one attached hydrogen (secondary N) is 1. The zero-order valence-electron chi connectivity index (χ0n) is 20.6. The second-order valence-corrected chi connectivity index (χ2v) is 10.5. The number of amides is 1. The number of aromatic hydroxyl groups is 1. The minimum atomic E-state index is -4.80. The maximum atomic E-state index is 12.4. The summed E-state index contributed by atoms with van der Waals surface area (Å²) in [6.07, 6.45) is 0. The molecule has 4 aromatic rings. The van der Waals surface area contributed by atoms with Crippen LogP contribution in [0.15, 0.2) is 92.8 Å². The Kier molecular flexibility index (Phi) is 10.8. The minimum Gasteiger partial charge on any atom is -0.507 e. The molecule has 16 heteroatoms. The quantitative estimate of drug-likeness (QED) is 0.0964. The summed E-state index contributed by atoms with van der Waals surface area (Å²) in [5, 5.41) is 20.9. The van der Waals surface area contributed by atoms with E-state index in [0.717, 1.165) is 18.2 Å². The maximum absolute atomic E-state index is 12.4. The molecule has 12 nitrogen and oxygen atoms in total. The number of carbonyl (C=O) groups excluding carboxylic acids is 1. The van der Waals surface area contributed by atoms with Gasteiger partial charge < -0.3 is 16.2 Å². The molecule has 0 saturated heterocycles. The van der Waals surface area contributed by atoms with Crippen LogP contribution in [0.3, 0.4) is 0 Å². The van der Waals surface area contributed by atoms with Gasteiger partial charge >= 0.3 is 0 Å². The van der Waals surface area contributed by atoms with Crippen LogP contribution in [-0.4, -0.2) is 96.1 Å². The van der Waals surface area contributed by atoms with E-state index in [9.17, 15) is 35.8 Å². The number of fused-ring (bicyclic) bond motifs is 1. The van der Waals surface area contributed by atoms with E-state index in [-0.39, 0.29) is 98.2 Å². The molecule has 0 aromatic heterocycles. The van der Waals surface area contributed by atoms with Gasteiger partial charge in [0.05, 0.1) is 27.3 Å². The van der Waals surface area contributed by atoms with Gasteiger partial charge in [0.15, 0.2) is 0 Å². The first-order valence-corrected chi connectivity index (χ1v) is 13.1. The first-order chi connectivity index (χ1) is 17.3. The monoisotopic (exact) mass is 588 g/mol. The predicted octanol–water partition coefficient (Wildman–Crippen LogP) is 3.53. The molecule has 6 N–H and O–H groups in total. The molecule has 2 radical (unpaired) electrons. The predicted molar refractivity (Wildman–Crippen MR) is 146 cm³/mol. The molecule has 0 saturated carbocycles. The van der Waals surface area contributed by atoms with Crippen molar-refractivity contribution in [2.75, 3.05) is 11.1 Å². The third kappa shape index (κ3) is 7.64. The molecule has 1 amide bonds. The number of hydrogen-bond donors (Lipinski definition) is 5. The van der Waals surface area contributed by atoms with Crippen LogP contribution >= 0.6 is 0 Å². The molecular formula is C23H18N4Na2O8S2. The molecule has 0 aliphatic heterocycles. The molecule has 0 atom stereocenters. The van der Waals surface area contributed by atoms with E-state index < -0.39 is 41.7 Å². The van der Waals surface area contributed by atoms with Crippen LogP contribution in [0.2, 0.25) is 0 Å². The van der Waals surface area contributed by atoms with E-state index >= 15 is 0 Å². The first kappa shape index (κ1) is 32.8. The van der Waals surface area contributed by atoms with Gasteiger partial charge in [-0.3, -0.25) is 13.9 Å². The molecule has 0 bridgehead atoms. The molecule has 0 unspecified atom stereocenters. The van der Waals surface area contributed by atoms with Crippen LogP contribution in [0.5, 0.6) is 5.75 Å². The summed E-state index contributed by atoms with van der Waals surface area (Å²) in [7, 11) is -9.40. The van der Waals surface area contributed by atoms with Crippen molar-refractivity contribution in [2.45, 2.75) is 9.79 Å². The summed E-state index contributed by atoms with van der Waals surface area (Å²) in [4.78, 5) is 11.3. The van der Waals surface area contributed by atoms with Crippen LogP contribution in [0, 0.1) is 0 Å². The summed E-state index contributed by atoms with van der Waals surface area (Å²) < 4.78 is 65.9. The van der Waals surface area contributed by atoms with Crippen LogP contribution < -0.4 is 11.1 Å². The van der Waals surface area contributed by atoms with Gasteiger partial charge in [0.25, 0.3) is 26.1 Å². The Morgan fingerprint density at radius 3 is 2.10 bits per heavy atom. The summed E-state index contributed by atoms with van der Waals surface area (Å²) in [6.45, 7) is 0. The molecule has 4 aromatic carbocycles. The van der Waals surface area contributed by atoms with Crippen molar-refractivity contribution >= 4 is 119 Å². The van der Waals surface area contributed by atoms with Gasteiger partial charge in [0, 0.05) is 70.7 Å². The Hall–Kier alpha value is -2.37. The number of azo groups is 1. The van der Waals surface area contributed by atoms with E-state index in [2.05, 4.69) is 15.5 Å². The van der Waals surface area contributed by atoms with Crippen LogP contribution in [0.25, 0.3) is 10.8 Å². The van der Waals surface area contributed by atoms with Gasteiger partial charge in [-0.05, 0) is 47.9 Å². The van der Waals surface area contributed by atoms with Gasteiger partial charge in [-0.25, -0.2) is 0 Å². The number of carbonyl (C=O) groups is 1. The summed E-state index contributed by atoms with van der Waals surface area (Å²) in [6, 6.07) is 16.2. The fourth-order valence-corrected chi connectivity index (χ4v) is 4.66. The zero-order valence-corrected chi connectivity index (χ0v) is 26.2. The second-order valence-electron chi connectivity index (χ2n) is 7.69. The number of anilines is 2. The first-order valence-electron chi connectivity index (χ1n) is 10.3. The Labute approximate surface area is 267 Å². The number of nitrogen functional groups attached to an aromatic ring is 1. The van der Waals surface area contributed by atoms with E-state index in [0.29, 0.717) is 0 Å². The normalized spacial score (nSPS) is 11.5. The number of phenols is 1. The topological polar surface area (TPSA) is 209 Å². The molecule has 192 valence electrons. The van der Waals surface area contributed by atoms with Gasteiger partial charge in [0.2, 0.25) is 0 Å². The Morgan fingerprint density at radius 1 is 0.821 bits per heavy atom. The maximum Gasteiger partial charge on any atom is 0.296 e. The molecule has 0 aliphatic carbocycles. The van der Waals surface area contributed by atoms with Crippen molar-refractivity contribution in [2.24, 2.45) is 10.2 Å². The standard InChI is InChI=1S/C23H18N4O8S2.2Na/c24-17-8-6-14-10-16(36(30,31)32)12-19(28)21(14)22(17)27-26-15-7-9-18(20(11-15)37(33,34)35)25-23(29)13-4-2-1-3-5-13;;/h1-12,28H,24H2,(H,25,29)(H,30,31,32)(H,33,34,35);;. The fourth-order valence-electron chi connectivity index (χ4n) is 3.45. The van der Waals surface area contributed by atoms with E-state index in [1.165, 1.54) is 36.4 Å². The number of rotatable bonds is 6. The number of nitrogens with zero attached hydrogens (tertiary/aromatic N) is 2. The number of hydrogen-bond acceptors (Lipinski definition) is 9. The van der Waals surface area contributed by atoms with Gasteiger partial charge in [0.1, 0.15) is 16.3 Å². The van der Waals surface area contributed by atoms with Crippen molar-refractivity contribution in [3.05, 3.63) is 78.4 Å². The largest absolute Gasteiger partial charge is 0.507 e. The SMILES string of the molecule is Nc1ccc2cc(S(=O)(=O)O)cc(O)c2c1N=Nc1ccc(NC(=O)c2ccccc2)c(S(=O)(=O)O)c1.[Na].[Na]. The molecule has 0 heterocycles. The second kappa shape index (κ2) is 12.9. The molecular weight excluding hydrogens is 570 g/mol. The number of benzene rings is 4. The summed E-state index contributed by atoms with van der Waals surface area (Å²) >= 11 is 0. The van der Waals surface area contributed by atoms with Gasteiger partial charge in [-0.2, -0.15) is 21.9 Å². The van der Waals surface area contributed by atoms with Crippen LogP contribution in [0.1, 0.15) is 10.4 Å². The van der Waals surface area contributed by atoms with Gasteiger partial charge in [-0.1, -0.05) is 24.3 Å². The van der Waals surface area contributed by atoms with Crippen LogP contribution in [-0.2, 0) is 20.2 Å². The van der Waals surface area contributed by atoms with Crippen molar-refractivity contribution in [1.82, 2.24) is 0 Å². The van der Waals surface area contributed by atoms with E-state index in [1.54, 1.807) is 18.2 Å². The van der Waals surface area contributed by atoms with Crippen molar-refractivity contribution in [3.63, 3.8) is 0 Å². The fraction of sp³-hybridized carbons (Fsp3) is 0. The van der Waals surface area contributed by atoms with Crippen molar-refractivity contribution < 1.29 is 35.8 Å².